The maximum absolute atomic E-state index is 13.1. The van der Waals surface area contributed by atoms with Gasteiger partial charge in [0.05, 0.1) is 12.1 Å². The molecule has 2 rings (SSSR count). The van der Waals surface area contributed by atoms with E-state index in [4.69, 9.17) is 4.74 Å². The first-order chi connectivity index (χ1) is 9.81. The van der Waals surface area contributed by atoms with E-state index in [9.17, 15) is 9.18 Å². The predicted octanol–water partition coefficient (Wildman–Crippen LogP) is 4.45. The van der Waals surface area contributed by atoms with Crippen LogP contribution in [0.3, 0.4) is 0 Å². The number of likely N-dealkylation sites (tertiary alicyclic amines) is 1. The molecule has 1 amide bonds. The van der Waals surface area contributed by atoms with Crippen LogP contribution in [0.4, 0.5) is 9.18 Å². The Labute approximate surface area is 125 Å². The number of nitrogens with zero attached hydrogens (tertiary/aromatic N) is 1. The molecule has 2 atom stereocenters. The largest absolute Gasteiger partial charge is 0.444 e. The Morgan fingerprint density at radius 3 is 2.48 bits per heavy atom. The molecule has 0 spiro atoms. The number of halogens is 1. The van der Waals surface area contributed by atoms with E-state index in [1.54, 1.807) is 23.1 Å². The quantitative estimate of drug-likeness (QED) is 0.753. The highest BCUT2D eigenvalue weighted by Gasteiger charge is 2.38. The van der Waals surface area contributed by atoms with Crippen LogP contribution in [0, 0.1) is 5.82 Å². The molecule has 114 valence electrons. The molecule has 0 radical (unpaired) electrons. The Bertz CT molecular complexity index is 519. The first-order valence-corrected chi connectivity index (χ1v) is 7.21. The minimum atomic E-state index is -0.543. The Morgan fingerprint density at radius 1 is 1.33 bits per heavy atom. The maximum atomic E-state index is 13.1. The normalized spacial score (nSPS) is 22.2. The average Bonchev–Trinajstić information content (AvgIpc) is 2.81. The predicted molar refractivity (Wildman–Crippen MR) is 80.4 cm³/mol. The van der Waals surface area contributed by atoms with Crippen LogP contribution in [0.15, 0.2) is 36.9 Å². The van der Waals surface area contributed by atoms with Crippen molar-refractivity contribution < 1.29 is 13.9 Å². The molecular formula is C17H22FNO2. The van der Waals surface area contributed by atoms with Crippen molar-refractivity contribution in [2.24, 2.45) is 0 Å². The highest BCUT2D eigenvalue weighted by molar-refractivity contribution is 5.70. The molecule has 0 N–H and O–H groups in total. The van der Waals surface area contributed by atoms with Crippen LogP contribution in [0.1, 0.15) is 45.2 Å². The molecule has 1 fully saturated rings. The molecule has 1 aromatic rings. The number of carbonyl (C=O) groups is 1. The monoisotopic (exact) mass is 291 g/mol. The lowest BCUT2D eigenvalue weighted by Crippen LogP contribution is -2.40. The number of benzene rings is 1. The summed E-state index contributed by atoms with van der Waals surface area (Å²) in [6.07, 6.45) is 3.08. The third-order valence-corrected chi connectivity index (χ3v) is 3.56. The van der Waals surface area contributed by atoms with Crippen LogP contribution in [0.2, 0.25) is 0 Å². The Balaban J connectivity index is 2.25. The van der Waals surface area contributed by atoms with Crippen molar-refractivity contribution in [2.45, 2.75) is 51.3 Å². The molecule has 0 unspecified atom stereocenters. The smallest absolute Gasteiger partial charge is 0.411 e. The summed E-state index contributed by atoms with van der Waals surface area (Å²) in [6.45, 7) is 9.34. The van der Waals surface area contributed by atoms with Crippen LogP contribution in [0.5, 0.6) is 0 Å². The topological polar surface area (TPSA) is 29.5 Å². The van der Waals surface area contributed by atoms with E-state index in [0.717, 1.165) is 18.4 Å². The standard InChI is InChI=1S/C17H22FNO2/c1-5-14-10-11-15(12-6-8-13(18)9-7-12)19(14)16(20)21-17(2,3)4/h5-9,14-15H,1,10-11H2,2-4H3/t14-,15-/m0/s1. The molecule has 1 heterocycles. The number of carbonyl (C=O) groups excluding carboxylic acids is 1. The number of hydrogen-bond donors (Lipinski definition) is 0. The van der Waals surface area contributed by atoms with Gasteiger partial charge in [-0.3, -0.25) is 4.90 Å². The highest BCUT2D eigenvalue weighted by atomic mass is 19.1. The summed E-state index contributed by atoms with van der Waals surface area (Å²) in [5.74, 6) is -0.277. The summed E-state index contributed by atoms with van der Waals surface area (Å²) in [6, 6.07) is 6.15. The van der Waals surface area contributed by atoms with Crippen molar-refractivity contribution in [3.05, 3.63) is 48.3 Å². The molecule has 3 nitrogen and oxygen atoms in total. The number of ether oxygens (including phenoxy) is 1. The van der Waals surface area contributed by atoms with Crippen LogP contribution in [0.25, 0.3) is 0 Å². The summed E-state index contributed by atoms with van der Waals surface area (Å²) >= 11 is 0. The van der Waals surface area contributed by atoms with Gasteiger partial charge in [-0.15, -0.1) is 6.58 Å². The lowest BCUT2D eigenvalue weighted by molar-refractivity contribution is 0.0178. The van der Waals surface area contributed by atoms with E-state index in [-0.39, 0.29) is 24.0 Å². The summed E-state index contributed by atoms with van der Waals surface area (Å²) in [4.78, 5) is 14.2. The van der Waals surface area contributed by atoms with Crippen LogP contribution >= 0.6 is 0 Å². The molecular weight excluding hydrogens is 269 g/mol. The highest BCUT2D eigenvalue weighted by Crippen LogP contribution is 2.37. The third-order valence-electron chi connectivity index (χ3n) is 3.56. The SMILES string of the molecule is C=C[C@H]1CC[C@@H](c2ccc(F)cc2)N1C(=O)OC(C)(C)C. The second kappa shape index (κ2) is 5.88. The van der Waals surface area contributed by atoms with Crippen molar-refractivity contribution in [1.82, 2.24) is 4.90 Å². The van der Waals surface area contributed by atoms with Gasteiger partial charge in [-0.2, -0.15) is 0 Å². The zero-order valence-electron chi connectivity index (χ0n) is 12.8. The Kier molecular flexibility index (Phi) is 4.35. The third kappa shape index (κ3) is 3.63. The van der Waals surface area contributed by atoms with Gasteiger partial charge >= 0.3 is 6.09 Å². The maximum Gasteiger partial charge on any atom is 0.411 e. The van der Waals surface area contributed by atoms with Crippen LogP contribution in [-0.2, 0) is 4.74 Å². The zero-order valence-corrected chi connectivity index (χ0v) is 12.8. The summed E-state index contributed by atoms with van der Waals surface area (Å²) in [5.41, 5.74) is 0.380. The van der Waals surface area contributed by atoms with Gasteiger partial charge in [0.1, 0.15) is 11.4 Å². The zero-order chi connectivity index (χ0) is 15.6. The molecule has 4 heteroatoms. The number of hydrogen-bond acceptors (Lipinski definition) is 2. The lowest BCUT2D eigenvalue weighted by atomic mass is 10.0. The molecule has 0 saturated carbocycles. The molecule has 1 aromatic carbocycles. The van der Waals surface area contributed by atoms with Crippen molar-refractivity contribution in [3.8, 4) is 0 Å². The van der Waals surface area contributed by atoms with Gasteiger partial charge in [-0.05, 0) is 51.3 Å². The van der Waals surface area contributed by atoms with Gasteiger partial charge < -0.3 is 4.74 Å². The fourth-order valence-electron chi connectivity index (χ4n) is 2.66. The van der Waals surface area contributed by atoms with E-state index >= 15 is 0 Å². The number of amides is 1. The van der Waals surface area contributed by atoms with Gasteiger partial charge in [0, 0.05) is 0 Å². The molecule has 1 aliphatic rings. The summed E-state index contributed by atoms with van der Waals surface area (Å²) in [7, 11) is 0. The van der Waals surface area contributed by atoms with Crippen LogP contribution in [-0.4, -0.2) is 22.6 Å². The second-order valence-electron chi connectivity index (χ2n) is 6.34. The van der Waals surface area contributed by atoms with E-state index < -0.39 is 5.60 Å². The van der Waals surface area contributed by atoms with Crippen molar-refractivity contribution >= 4 is 6.09 Å². The Morgan fingerprint density at radius 2 is 1.95 bits per heavy atom. The minimum Gasteiger partial charge on any atom is -0.444 e. The second-order valence-corrected chi connectivity index (χ2v) is 6.34. The number of rotatable bonds is 2. The average molecular weight is 291 g/mol. The first kappa shape index (κ1) is 15.5. The van der Waals surface area contributed by atoms with Gasteiger partial charge in [-0.25, -0.2) is 9.18 Å². The van der Waals surface area contributed by atoms with Gasteiger partial charge in [0.2, 0.25) is 0 Å². The van der Waals surface area contributed by atoms with Crippen LogP contribution < -0.4 is 0 Å². The van der Waals surface area contributed by atoms with Gasteiger partial charge in [-0.1, -0.05) is 18.2 Å². The van der Waals surface area contributed by atoms with Gasteiger partial charge in [0.25, 0.3) is 0 Å². The van der Waals surface area contributed by atoms with Crippen molar-refractivity contribution in [3.63, 3.8) is 0 Å². The summed E-state index contributed by atoms with van der Waals surface area (Å²) in [5, 5.41) is 0. The van der Waals surface area contributed by atoms with E-state index in [2.05, 4.69) is 6.58 Å². The van der Waals surface area contributed by atoms with Crippen molar-refractivity contribution in [2.75, 3.05) is 0 Å². The lowest BCUT2D eigenvalue weighted by Gasteiger charge is -2.31. The molecule has 0 bridgehead atoms. The minimum absolute atomic E-state index is 0.0464. The fraction of sp³-hybridized carbons (Fsp3) is 0.471. The molecule has 1 saturated heterocycles. The van der Waals surface area contributed by atoms with Gasteiger partial charge in [0.15, 0.2) is 0 Å². The fourth-order valence-corrected chi connectivity index (χ4v) is 2.66. The van der Waals surface area contributed by atoms with Crippen molar-refractivity contribution in [1.29, 1.82) is 0 Å². The van der Waals surface area contributed by atoms with E-state index in [1.165, 1.54) is 12.1 Å². The molecule has 21 heavy (non-hydrogen) atoms. The van der Waals surface area contributed by atoms with E-state index in [1.807, 2.05) is 20.8 Å². The van der Waals surface area contributed by atoms with E-state index in [0.29, 0.717) is 0 Å². The molecule has 1 aliphatic heterocycles. The molecule has 0 aliphatic carbocycles. The Hall–Kier alpha value is -1.84. The summed E-state index contributed by atoms with van der Waals surface area (Å²) < 4.78 is 18.6. The first-order valence-electron chi connectivity index (χ1n) is 7.21. The molecule has 0 aromatic heterocycles.